The van der Waals surface area contributed by atoms with Crippen LogP contribution in [0.5, 0.6) is 0 Å². The average molecular weight is 283 g/mol. The first kappa shape index (κ1) is 15.7. The Morgan fingerprint density at radius 1 is 1.35 bits per heavy atom. The molecule has 0 aromatic heterocycles. The van der Waals surface area contributed by atoms with Gasteiger partial charge in [0.15, 0.2) is 0 Å². The zero-order chi connectivity index (χ0) is 14.9. The molecule has 0 aromatic rings. The van der Waals surface area contributed by atoms with E-state index in [-0.39, 0.29) is 24.1 Å². The van der Waals surface area contributed by atoms with Crippen molar-refractivity contribution in [2.75, 3.05) is 20.7 Å². The van der Waals surface area contributed by atoms with Crippen LogP contribution in [0.4, 0.5) is 0 Å². The normalized spacial score (nSPS) is 35.4. The highest BCUT2D eigenvalue weighted by Crippen LogP contribution is 2.31. The number of carbonyl (C=O) groups is 1. The van der Waals surface area contributed by atoms with Crippen molar-refractivity contribution in [2.45, 2.75) is 69.8 Å². The highest BCUT2D eigenvalue weighted by molar-refractivity contribution is 5.84. The third-order valence-electron chi connectivity index (χ3n) is 5.10. The molecule has 2 N–H and O–H groups in total. The molecule has 1 aliphatic heterocycles. The predicted molar refractivity (Wildman–Crippen MR) is 79.4 cm³/mol. The van der Waals surface area contributed by atoms with E-state index in [1.165, 1.54) is 0 Å². The van der Waals surface area contributed by atoms with Gasteiger partial charge in [-0.15, -0.1) is 0 Å². The number of likely N-dealkylation sites (tertiary alicyclic amines) is 1. The minimum Gasteiger partial charge on any atom is -0.379 e. The van der Waals surface area contributed by atoms with E-state index in [2.05, 4.69) is 25.8 Å². The van der Waals surface area contributed by atoms with Gasteiger partial charge in [0.25, 0.3) is 0 Å². The standard InChI is InChI=1S/C15H29N3O2/c1-10(2)17(3)11-5-6-13(14(9-11)20-4)18-8-7-12(16)15(18)19/h10-14H,5-9,16H2,1-4H3/t11-,12-,13+,14+/m0/s1. The smallest absolute Gasteiger partial charge is 0.239 e. The molecule has 1 heterocycles. The molecule has 5 heteroatoms. The Bertz CT molecular complexity index is 348. The summed E-state index contributed by atoms with van der Waals surface area (Å²) in [6.07, 6.45) is 4.04. The zero-order valence-corrected chi connectivity index (χ0v) is 13.2. The number of methoxy groups -OCH3 is 1. The molecule has 0 unspecified atom stereocenters. The monoisotopic (exact) mass is 283 g/mol. The van der Waals surface area contributed by atoms with Gasteiger partial charge in [-0.25, -0.2) is 0 Å². The Morgan fingerprint density at radius 3 is 2.55 bits per heavy atom. The Hall–Kier alpha value is -0.650. The number of nitrogens with two attached hydrogens (primary N) is 1. The minimum absolute atomic E-state index is 0.104. The lowest BCUT2D eigenvalue weighted by Crippen LogP contribution is -2.53. The maximum Gasteiger partial charge on any atom is 0.239 e. The van der Waals surface area contributed by atoms with E-state index in [9.17, 15) is 4.79 Å². The van der Waals surface area contributed by atoms with Gasteiger partial charge in [0.05, 0.1) is 18.2 Å². The van der Waals surface area contributed by atoms with Gasteiger partial charge in [-0.2, -0.15) is 0 Å². The average Bonchev–Trinajstić information content (AvgIpc) is 2.77. The summed E-state index contributed by atoms with van der Waals surface area (Å²) < 4.78 is 5.70. The topological polar surface area (TPSA) is 58.8 Å². The fourth-order valence-corrected chi connectivity index (χ4v) is 3.55. The second kappa shape index (κ2) is 6.41. The summed E-state index contributed by atoms with van der Waals surface area (Å²) in [5, 5.41) is 0. The molecule has 2 fully saturated rings. The molecule has 116 valence electrons. The number of carbonyl (C=O) groups excluding carboxylic acids is 1. The van der Waals surface area contributed by atoms with Crippen LogP contribution in [0.15, 0.2) is 0 Å². The van der Waals surface area contributed by atoms with Crippen LogP contribution in [0.3, 0.4) is 0 Å². The van der Waals surface area contributed by atoms with Gasteiger partial charge in [-0.05, 0) is 46.6 Å². The third-order valence-corrected chi connectivity index (χ3v) is 5.10. The van der Waals surface area contributed by atoms with E-state index in [4.69, 9.17) is 10.5 Å². The second-order valence-electron chi connectivity index (χ2n) is 6.49. The molecule has 0 bridgehead atoms. The Balaban J connectivity index is 2.02. The van der Waals surface area contributed by atoms with Crippen LogP contribution in [0.2, 0.25) is 0 Å². The van der Waals surface area contributed by atoms with Gasteiger partial charge in [0.1, 0.15) is 0 Å². The molecule has 1 saturated carbocycles. The molecule has 0 aromatic carbocycles. The van der Waals surface area contributed by atoms with Gasteiger partial charge in [-0.3, -0.25) is 4.79 Å². The SMILES string of the molecule is CO[C@@H]1C[C@@H](N(C)C(C)C)CC[C@H]1N1CC[C@H](N)C1=O. The molecule has 1 saturated heterocycles. The summed E-state index contributed by atoms with van der Waals surface area (Å²) in [6, 6.07) is 0.986. The fourth-order valence-electron chi connectivity index (χ4n) is 3.55. The quantitative estimate of drug-likeness (QED) is 0.830. The Morgan fingerprint density at radius 2 is 2.05 bits per heavy atom. The van der Waals surface area contributed by atoms with Crippen molar-refractivity contribution in [2.24, 2.45) is 5.73 Å². The lowest BCUT2D eigenvalue weighted by atomic mass is 9.86. The van der Waals surface area contributed by atoms with Crippen molar-refractivity contribution in [1.82, 2.24) is 9.80 Å². The van der Waals surface area contributed by atoms with Crippen LogP contribution in [-0.2, 0) is 9.53 Å². The molecular formula is C15H29N3O2. The number of hydrogen-bond acceptors (Lipinski definition) is 4. The molecule has 1 amide bonds. The highest BCUT2D eigenvalue weighted by Gasteiger charge is 2.41. The van der Waals surface area contributed by atoms with Crippen molar-refractivity contribution < 1.29 is 9.53 Å². The van der Waals surface area contributed by atoms with Gasteiger partial charge in [0.2, 0.25) is 5.91 Å². The molecule has 2 rings (SSSR count). The first-order valence-corrected chi connectivity index (χ1v) is 7.76. The Kier molecular flexibility index (Phi) is 5.04. The van der Waals surface area contributed by atoms with Crippen molar-refractivity contribution >= 4 is 5.91 Å². The van der Waals surface area contributed by atoms with E-state index >= 15 is 0 Å². The zero-order valence-electron chi connectivity index (χ0n) is 13.2. The number of amides is 1. The van der Waals surface area contributed by atoms with E-state index in [0.29, 0.717) is 12.1 Å². The summed E-state index contributed by atoms with van der Waals surface area (Å²) in [5.41, 5.74) is 5.84. The first-order valence-electron chi connectivity index (χ1n) is 7.76. The molecule has 5 nitrogen and oxygen atoms in total. The van der Waals surface area contributed by atoms with Crippen molar-refractivity contribution in [1.29, 1.82) is 0 Å². The molecule has 0 spiro atoms. The summed E-state index contributed by atoms with van der Waals surface area (Å²) in [5.74, 6) is 0.104. The lowest BCUT2D eigenvalue weighted by Gasteiger charge is -2.43. The van der Waals surface area contributed by atoms with E-state index in [1.807, 2.05) is 4.90 Å². The fraction of sp³-hybridized carbons (Fsp3) is 0.933. The highest BCUT2D eigenvalue weighted by atomic mass is 16.5. The second-order valence-corrected chi connectivity index (χ2v) is 6.49. The van der Waals surface area contributed by atoms with E-state index in [0.717, 1.165) is 32.2 Å². The van der Waals surface area contributed by atoms with Crippen LogP contribution >= 0.6 is 0 Å². The molecule has 4 atom stereocenters. The lowest BCUT2D eigenvalue weighted by molar-refractivity contribution is -0.135. The summed E-state index contributed by atoms with van der Waals surface area (Å²) in [7, 11) is 3.94. The minimum atomic E-state index is -0.302. The van der Waals surface area contributed by atoms with Gasteiger partial charge >= 0.3 is 0 Å². The van der Waals surface area contributed by atoms with E-state index < -0.39 is 0 Å². The molecule has 0 radical (unpaired) electrons. The van der Waals surface area contributed by atoms with Crippen LogP contribution in [0, 0.1) is 0 Å². The predicted octanol–water partition coefficient (Wildman–Crippen LogP) is 0.822. The summed E-state index contributed by atoms with van der Waals surface area (Å²) in [6.45, 7) is 5.23. The van der Waals surface area contributed by atoms with Crippen LogP contribution in [-0.4, -0.2) is 66.7 Å². The number of nitrogens with zero attached hydrogens (tertiary/aromatic N) is 2. The number of hydrogen-bond donors (Lipinski definition) is 1. The molecule has 20 heavy (non-hydrogen) atoms. The van der Waals surface area contributed by atoms with Crippen molar-refractivity contribution in [3.05, 3.63) is 0 Å². The van der Waals surface area contributed by atoms with E-state index in [1.54, 1.807) is 7.11 Å². The summed E-state index contributed by atoms with van der Waals surface area (Å²) >= 11 is 0. The van der Waals surface area contributed by atoms with Crippen molar-refractivity contribution in [3.8, 4) is 0 Å². The van der Waals surface area contributed by atoms with Crippen LogP contribution < -0.4 is 5.73 Å². The van der Waals surface area contributed by atoms with Gasteiger partial charge < -0.3 is 20.3 Å². The molecule has 2 aliphatic rings. The summed E-state index contributed by atoms with van der Waals surface area (Å²) in [4.78, 5) is 16.5. The van der Waals surface area contributed by atoms with Crippen LogP contribution in [0.1, 0.15) is 39.5 Å². The van der Waals surface area contributed by atoms with Crippen molar-refractivity contribution in [3.63, 3.8) is 0 Å². The number of ether oxygens (including phenoxy) is 1. The maximum atomic E-state index is 12.1. The van der Waals surface area contributed by atoms with Gasteiger partial charge in [0, 0.05) is 25.7 Å². The molecular weight excluding hydrogens is 254 g/mol. The number of rotatable bonds is 4. The first-order chi connectivity index (χ1) is 9.45. The van der Waals surface area contributed by atoms with Gasteiger partial charge in [-0.1, -0.05) is 0 Å². The molecule has 1 aliphatic carbocycles. The Labute approximate surface area is 122 Å². The third kappa shape index (κ3) is 3.00. The largest absolute Gasteiger partial charge is 0.379 e. The van der Waals surface area contributed by atoms with Crippen LogP contribution in [0.25, 0.3) is 0 Å². The maximum absolute atomic E-state index is 12.1.